The smallest absolute Gasteiger partial charge is 0.0179 e. The van der Waals surface area contributed by atoms with E-state index in [-0.39, 0.29) is 0 Å². The molecule has 0 saturated heterocycles. The van der Waals surface area contributed by atoms with Gasteiger partial charge in [-0.15, -0.1) is 0 Å². The zero-order valence-corrected chi connectivity index (χ0v) is 15.2. The predicted octanol–water partition coefficient (Wildman–Crippen LogP) is 6.76. The minimum Gasteiger partial charge on any atom is -0.0613 e. The Morgan fingerprint density at radius 1 is 0.542 bits per heavy atom. The van der Waals surface area contributed by atoms with Gasteiger partial charge in [0.05, 0.1) is 0 Å². The summed E-state index contributed by atoms with van der Waals surface area (Å²) in [6.45, 7) is 8.86. The summed E-state index contributed by atoms with van der Waals surface area (Å²) in [5.74, 6) is 0. The van der Waals surface area contributed by atoms with Crippen LogP contribution < -0.4 is 0 Å². The molecule has 0 aliphatic heterocycles. The summed E-state index contributed by atoms with van der Waals surface area (Å²) in [5, 5.41) is 0. The minimum absolute atomic E-state index is 1.09. The van der Waals surface area contributed by atoms with Crippen molar-refractivity contribution in [2.45, 2.75) is 40.5 Å². The van der Waals surface area contributed by atoms with Crippen LogP contribution in [0.5, 0.6) is 0 Å². The van der Waals surface area contributed by atoms with Crippen molar-refractivity contribution in [1.82, 2.24) is 0 Å². The number of hydrogen-bond donors (Lipinski definition) is 0. The Labute approximate surface area is 146 Å². The molecule has 0 aliphatic rings. The summed E-state index contributed by atoms with van der Waals surface area (Å²) < 4.78 is 0. The molecular weight excluding hydrogens is 288 g/mol. The van der Waals surface area contributed by atoms with Gasteiger partial charge in [0.2, 0.25) is 0 Å². The standard InChI is InChI=1S/C24H26/c1-5-19-7-9-20(10-8-19)21-11-13-22(14-12-21)23-15-17(3)24(6-2)18(4)16-23/h7-16H,5-6H2,1-4H3. The molecule has 24 heavy (non-hydrogen) atoms. The molecule has 3 aromatic carbocycles. The zero-order valence-electron chi connectivity index (χ0n) is 15.2. The number of hydrogen-bond acceptors (Lipinski definition) is 0. The fraction of sp³-hybridized carbons (Fsp3) is 0.250. The van der Waals surface area contributed by atoms with Gasteiger partial charge in [0.25, 0.3) is 0 Å². The Bertz CT molecular complexity index is 798. The molecule has 0 atom stereocenters. The van der Waals surface area contributed by atoms with Crippen molar-refractivity contribution in [3.05, 3.63) is 82.9 Å². The second-order valence-corrected chi connectivity index (χ2v) is 6.57. The first kappa shape index (κ1) is 16.5. The van der Waals surface area contributed by atoms with Gasteiger partial charge in [0, 0.05) is 0 Å². The van der Waals surface area contributed by atoms with E-state index in [2.05, 4.69) is 88.4 Å². The van der Waals surface area contributed by atoms with Crippen LogP contribution in [0.2, 0.25) is 0 Å². The highest BCUT2D eigenvalue weighted by Gasteiger charge is 2.06. The van der Waals surface area contributed by atoms with Crippen molar-refractivity contribution in [3.63, 3.8) is 0 Å². The van der Waals surface area contributed by atoms with Gasteiger partial charge in [0.1, 0.15) is 0 Å². The highest BCUT2D eigenvalue weighted by Crippen LogP contribution is 2.28. The number of rotatable bonds is 4. The molecule has 0 radical (unpaired) electrons. The van der Waals surface area contributed by atoms with Crippen molar-refractivity contribution < 1.29 is 0 Å². The van der Waals surface area contributed by atoms with Crippen LogP contribution in [-0.4, -0.2) is 0 Å². The lowest BCUT2D eigenvalue weighted by atomic mass is 9.93. The summed E-state index contributed by atoms with van der Waals surface area (Å²) in [4.78, 5) is 0. The van der Waals surface area contributed by atoms with E-state index in [0.29, 0.717) is 0 Å². The van der Waals surface area contributed by atoms with Crippen LogP contribution in [0.15, 0.2) is 60.7 Å². The maximum Gasteiger partial charge on any atom is -0.0179 e. The van der Waals surface area contributed by atoms with Gasteiger partial charge in [0.15, 0.2) is 0 Å². The average molecular weight is 314 g/mol. The Hall–Kier alpha value is -2.34. The van der Waals surface area contributed by atoms with Gasteiger partial charge in [-0.25, -0.2) is 0 Å². The fourth-order valence-electron chi connectivity index (χ4n) is 3.51. The second kappa shape index (κ2) is 7.05. The molecule has 0 bridgehead atoms. The molecule has 0 spiro atoms. The highest BCUT2D eigenvalue weighted by molar-refractivity contribution is 5.71. The molecule has 3 aromatic rings. The molecule has 0 aliphatic carbocycles. The Morgan fingerprint density at radius 2 is 0.958 bits per heavy atom. The number of aryl methyl sites for hydroxylation is 3. The average Bonchev–Trinajstić information content (AvgIpc) is 2.62. The lowest BCUT2D eigenvalue weighted by Crippen LogP contribution is -1.93. The van der Waals surface area contributed by atoms with Gasteiger partial charge in [-0.05, 0) is 71.2 Å². The van der Waals surface area contributed by atoms with E-state index in [1.54, 1.807) is 0 Å². The van der Waals surface area contributed by atoms with E-state index in [9.17, 15) is 0 Å². The molecule has 0 nitrogen and oxygen atoms in total. The van der Waals surface area contributed by atoms with Crippen molar-refractivity contribution in [3.8, 4) is 22.3 Å². The third-order valence-electron chi connectivity index (χ3n) is 4.96. The molecule has 0 unspecified atom stereocenters. The van der Waals surface area contributed by atoms with Crippen LogP contribution >= 0.6 is 0 Å². The van der Waals surface area contributed by atoms with Gasteiger partial charge >= 0.3 is 0 Å². The summed E-state index contributed by atoms with van der Waals surface area (Å²) in [7, 11) is 0. The summed E-state index contributed by atoms with van der Waals surface area (Å²) in [6, 6.07) is 22.5. The molecule has 122 valence electrons. The second-order valence-electron chi connectivity index (χ2n) is 6.57. The topological polar surface area (TPSA) is 0 Å². The van der Waals surface area contributed by atoms with E-state index in [1.807, 2.05) is 0 Å². The fourth-order valence-corrected chi connectivity index (χ4v) is 3.51. The van der Waals surface area contributed by atoms with Crippen LogP contribution in [0, 0.1) is 13.8 Å². The summed E-state index contributed by atoms with van der Waals surface area (Å²) in [6.07, 6.45) is 2.19. The van der Waals surface area contributed by atoms with Crippen LogP contribution in [0.3, 0.4) is 0 Å². The predicted molar refractivity (Wildman–Crippen MR) is 106 cm³/mol. The van der Waals surface area contributed by atoms with Gasteiger partial charge in [-0.2, -0.15) is 0 Å². The van der Waals surface area contributed by atoms with Crippen LogP contribution in [0.4, 0.5) is 0 Å². The Kier molecular flexibility index (Phi) is 4.85. The molecule has 0 fully saturated rings. The van der Waals surface area contributed by atoms with Crippen LogP contribution in [-0.2, 0) is 12.8 Å². The molecule has 0 aromatic heterocycles. The van der Waals surface area contributed by atoms with Gasteiger partial charge < -0.3 is 0 Å². The SMILES string of the molecule is CCc1ccc(-c2ccc(-c3cc(C)c(CC)c(C)c3)cc2)cc1. The van der Waals surface area contributed by atoms with E-state index in [4.69, 9.17) is 0 Å². The largest absolute Gasteiger partial charge is 0.0613 e. The molecule has 0 amide bonds. The molecule has 0 saturated carbocycles. The summed E-state index contributed by atoms with van der Waals surface area (Å²) >= 11 is 0. The van der Waals surface area contributed by atoms with Crippen molar-refractivity contribution in [2.75, 3.05) is 0 Å². The normalized spacial score (nSPS) is 10.8. The molecule has 0 heteroatoms. The van der Waals surface area contributed by atoms with E-state index in [0.717, 1.165) is 12.8 Å². The Balaban J connectivity index is 1.91. The highest BCUT2D eigenvalue weighted by atomic mass is 14.1. The molecule has 0 heterocycles. The lowest BCUT2D eigenvalue weighted by molar-refractivity contribution is 1.08. The van der Waals surface area contributed by atoms with Crippen molar-refractivity contribution >= 4 is 0 Å². The first-order valence-corrected chi connectivity index (χ1v) is 8.92. The van der Waals surface area contributed by atoms with Gasteiger partial charge in [-0.3, -0.25) is 0 Å². The first-order valence-electron chi connectivity index (χ1n) is 8.92. The first-order chi connectivity index (χ1) is 11.6. The van der Waals surface area contributed by atoms with E-state index >= 15 is 0 Å². The van der Waals surface area contributed by atoms with Crippen LogP contribution in [0.1, 0.15) is 36.1 Å². The molecular formula is C24H26. The minimum atomic E-state index is 1.09. The quantitative estimate of drug-likeness (QED) is 0.499. The maximum atomic E-state index is 2.32. The molecule has 0 N–H and O–H groups in total. The molecule has 3 rings (SSSR count). The van der Waals surface area contributed by atoms with Crippen molar-refractivity contribution in [2.24, 2.45) is 0 Å². The van der Waals surface area contributed by atoms with E-state index < -0.39 is 0 Å². The van der Waals surface area contributed by atoms with Crippen molar-refractivity contribution in [1.29, 1.82) is 0 Å². The van der Waals surface area contributed by atoms with Gasteiger partial charge in [-0.1, -0.05) is 74.5 Å². The third-order valence-corrected chi connectivity index (χ3v) is 4.96. The van der Waals surface area contributed by atoms with E-state index in [1.165, 1.54) is 44.5 Å². The zero-order chi connectivity index (χ0) is 17.1. The third kappa shape index (κ3) is 3.28. The maximum absolute atomic E-state index is 2.32. The number of benzene rings is 3. The van der Waals surface area contributed by atoms with Crippen LogP contribution in [0.25, 0.3) is 22.3 Å². The monoisotopic (exact) mass is 314 g/mol. The summed E-state index contributed by atoms with van der Waals surface area (Å²) in [5.41, 5.74) is 10.8. The lowest BCUT2D eigenvalue weighted by Gasteiger charge is -2.12. The Morgan fingerprint density at radius 3 is 1.38 bits per heavy atom.